The van der Waals surface area contributed by atoms with Crippen LogP contribution in [0.15, 0.2) is 12.1 Å². The Kier molecular flexibility index (Phi) is 6.12. The normalized spacial score (nSPS) is 23.1. The summed E-state index contributed by atoms with van der Waals surface area (Å²) in [5.74, 6) is 0.347. The van der Waals surface area contributed by atoms with E-state index in [2.05, 4.69) is 19.1 Å². The number of carbonyl (C=O) groups is 2. The van der Waals surface area contributed by atoms with E-state index in [0.717, 1.165) is 36.3 Å². The Balaban J connectivity index is 0.00000225. The first kappa shape index (κ1) is 19.7. The first-order valence-corrected chi connectivity index (χ1v) is 8.77. The fourth-order valence-electron chi connectivity index (χ4n) is 4.17. The molecule has 0 aliphatic carbocycles. The van der Waals surface area contributed by atoms with Crippen molar-refractivity contribution in [2.45, 2.75) is 33.6 Å². The minimum Gasteiger partial charge on any atom is -0.342 e. The molecule has 5 nitrogen and oxygen atoms in total. The van der Waals surface area contributed by atoms with Gasteiger partial charge in [0.15, 0.2) is 0 Å². The molecule has 6 heteroatoms. The molecule has 2 N–H and O–H groups in total. The molecule has 3 rings (SSSR count). The lowest BCUT2D eigenvalue weighted by atomic mass is 10.0. The molecule has 2 aliphatic rings. The summed E-state index contributed by atoms with van der Waals surface area (Å²) in [5, 5.41) is 0. The average Bonchev–Trinajstić information content (AvgIpc) is 3.13. The molecule has 2 heterocycles. The maximum atomic E-state index is 12.8. The van der Waals surface area contributed by atoms with Crippen LogP contribution in [0.4, 0.5) is 5.69 Å². The van der Waals surface area contributed by atoms with E-state index < -0.39 is 0 Å². The van der Waals surface area contributed by atoms with E-state index in [1.54, 1.807) is 0 Å². The van der Waals surface area contributed by atoms with Gasteiger partial charge < -0.3 is 15.5 Å². The summed E-state index contributed by atoms with van der Waals surface area (Å²) in [6, 6.07) is 4.19. The number of amides is 2. The molecule has 2 atom stereocenters. The highest BCUT2D eigenvalue weighted by Crippen LogP contribution is 2.33. The van der Waals surface area contributed by atoms with Crippen LogP contribution in [-0.4, -0.2) is 42.9 Å². The van der Waals surface area contributed by atoms with Crippen LogP contribution in [0.3, 0.4) is 0 Å². The lowest BCUT2D eigenvalue weighted by Gasteiger charge is -2.23. The summed E-state index contributed by atoms with van der Waals surface area (Å²) in [6.07, 6.45) is 1.29. The second kappa shape index (κ2) is 7.75. The van der Waals surface area contributed by atoms with Gasteiger partial charge in [0, 0.05) is 31.7 Å². The molecule has 2 saturated heterocycles. The average molecular weight is 366 g/mol. The van der Waals surface area contributed by atoms with E-state index in [1.165, 1.54) is 5.56 Å². The van der Waals surface area contributed by atoms with Crippen LogP contribution in [0.5, 0.6) is 0 Å². The van der Waals surface area contributed by atoms with Crippen molar-refractivity contribution in [1.29, 1.82) is 0 Å². The van der Waals surface area contributed by atoms with Crippen molar-refractivity contribution in [3.8, 4) is 0 Å². The minimum absolute atomic E-state index is 0. The first-order valence-electron chi connectivity index (χ1n) is 8.77. The number of hydrogen-bond donors (Lipinski definition) is 1. The van der Waals surface area contributed by atoms with E-state index in [4.69, 9.17) is 5.73 Å². The third kappa shape index (κ3) is 3.82. The topological polar surface area (TPSA) is 66.6 Å². The molecule has 138 valence electrons. The molecule has 2 amide bonds. The third-order valence-electron chi connectivity index (χ3n) is 5.31. The van der Waals surface area contributed by atoms with Gasteiger partial charge in [0.25, 0.3) is 0 Å². The second-order valence-electron chi connectivity index (χ2n) is 7.33. The van der Waals surface area contributed by atoms with Crippen LogP contribution in [-0.2, 0) is 9.59 Å². The number of likely N-dealkylation sites (tertiary alicyclic amines) is 1. The van der Waals surface area contributed by atoms with E-state index >= 15 is 0 Å². The largest absolute Gasteiger partial charge is 0.342 e. The fraction of sp³-hybridized carbons (Fsp3) is 0.579. The molecule has 1 aromatic rings. The lowest BCUT2D eigenvalue weighted by molar-refractivity contribution is -0.134. The molecule has 1 aromatic carbocycles. The van der Waals surface area contributed by atoms with Crippen LogP contribution in [0.25, 0.3) is 0 Å². The van der Waals surface area contributed by atoms with Crippen LogP contribution >= 0.6 is 12.4 Å². The molecular formula is C19H28ClN3O2. The minimum atomic E-state index is -0.228. The van der Waals surface area contributed by atoms with E-state index in [-0.39, 0.29) is 30.1 Å². The van der Waals surface area contributed by atoms with Gasteiger partial charge in [-0.05, 0) is 50.8 Å². The standard InChI is InChI=1S/C19H27N3O2.ClH/c1-12-6-13(2)18(14(3)7-12)22-11-16(8-17(22)23)19(24)21-5-4-15(9-20)10-21;/h6-7,15-16H,4-5,8-11,20H2,1-3H3;1H. The zero-order chi connectivity index (χ0) is 17.4. The lowest BCUT2D eigenvalue weighted by Crippen LogP contribution is -2.36. The maximum Gasteiger partial charge on any atom is 0.228 e. The zero-order valence-corrected chi connectivity index (χ0v) is 16.1. The summed E-state index contributed by atoms with van der Waals surface area (Å²) < 4.78 is 0. The number of nitrogens with zero attached hydrogens (tertiary/aromatic N) is 2. The van der Waals surface area contributed by atoms with Gasteiger partial charge in [0.05, 0.1) is 5.92 Å². The first-order chi connectivity index (χ1) is 11.4. The number of nitrogens with two attached hydrogens (primary N) is 1. The van der Waals surface area contributed by atoms with Crippen molar-refractivity contribution in [2.75, 3.05) is 31.1 Å². The summed E-state index contributed by atoms with van der Waals surface area (Å²) in [5.41, 5.74) is 10.1. The molecule has 0 bridgehead atoms. The Morgan fingerprint density at radius 1 is 1.20 bits per heavy atom. The predicted octanol–water partition coefficient (Wildman–Crippen LogP) is 2.19. The van der Waals surface area contributed by atoms with Crippen molar-refractivity contribution in [3.05, 3.63) is 28.8 Å². The number of rotatable bonds is 3. The molecule has 0 aromatic heterocycles. The van der Waals surface area contributed by atoms with Gasteiger partial charge in [0.1, 0.15) is 0 Å². The number of anilines is 1. The molecule has 0 radical (unpaired) electrons. The van der Waals surface area contributed by atoms with Crippen molar-refractivity contribution in [2.24, 2.45) is 17.6 Å². The fourth-order valence-corrected chi connectivity index (χ4v) is 4.17. The Bertz CT molecular complexity index is 654. The van der Waals surface area contributed by atoms with Gasteiger partial charge in [0.2, 0.25) is 11.8 Å². The van der Waals surface area contributed by atoms with E-state index in [1.807, 2.05) is 23.6 Å². The molecule has 2 unspecified atom stereocenters. The molecule has 2 fully saturated rings. The third-order valence-corrected chi connectivity index (χ3v) is 5.31. The monoisotopic (exact) mass is 365 g/mol. The Labute approximate surface area is 155 Å². The van der Waals surface area contributed by atoms with Crippen LogP contribution in [0.1, 0.15) is 29.5 Å². The van der Waals surface area contributed by atoms with Crippen molar-refractivity contribution < 1.29 is 9.59 Å². The summed E-state index contributed by atoms with van der Waals surface area (Å²) in [6.45, 7) is 8.75. The summed E-state index contributed by atoms with van der Waals surface area (Å²) in [7, 11) is 0. The Morgan fingerprint density at radius 2 is 1.84 bits per heavy atom. The van der Waals surface area contributed by atoms with Crippen LogP contribution in [0.2, 0.25) is 0 Å². The quantitative estimate of drug-likeness (QED) is 0.892. The Morgan fingerprint density at radius 3 is 2.40 bits per heavy atom. The van der Waals surface area contributed by atoms with Gasteiger partial charge in [-0.2, -0.15) is 0 Å². The van der Waals surface area contributed by atoms with Crippen molar-refractivity contribution >= 4 is 29.9 Å². The summed E-state index contributed by atoms with van der Waals surface area (Å²) >= 11 is 0. The van der Waals surface area contributed by atoms with Crippen LogP contribution in [0, 0.1) is 32.6 Å². The molecule has 25 heavy (non-hydrogen) atoms. The van der Waals surface area contributed by atoms with Crippen molar-refractivity contribution in [1.82, 2.24) is 4.90 Å². The molecule has 0 saturated carbocycles. The van der Waals surface area contributed by atoms with Gasteiger partial charge in [-0.3, -0.25) is 9.59 Å². The van der Waals surface area contributed by atoms with E-state index in [9.17, 15) is 9.59 Å². The number of hydrogen-bond acceptors (Lipinski definition) is 3. The van der Waals surface area contributed by atoms with Gasteiger partial charge in [-0.1, -0.05) is 17.7 Å². The summed E-state index contributed by atoms with van der Waals surface area (Å²) in [4.78, 5) is 29.0. The smallest absolute Gasteiger partial charge is 0.228 e. The van der Waals surface area contributed by atoms with Crippen molar-refractivity contribution in [3.63, 3.8) is 0 Å². The highest BCUT2D eigenvalue weighted by Gasteiger charge is 2.39. The number of benzene rings is 1. The second-order valence-corrected chi connectivity index (χ2v) is 7.33. The number of aryl methyl sites for hydroxylation is 3. The highest BCUT2D eigenvalue weighted by molar-refractivity contribution is 6.01. The predicted molar refractivity (Wildman–Crippen MR) is 102 cm³/mol. The molecular weight excluding hydrogens is 338 g/mol. The Hall–Kier alpha value is -1.59. The maximum absolute atomic E-state index is 12.8. The van der Waals surface area contributed by atoms with Gasteiger partial charge in [-0.25, -0.2) is 0 Å². The number of halogens is 1. The van der Waals surface area contributed by atoms with Gasteiger partial charge in [-0.15, -0.1) is 12.4 Å². The van der Waals surface area contributed by atoms with Gasteiger partial charge >= 0.3 is 0 Å². The number of carbonyl (C=O) groups excluding carboxylic acids is 2. The highest BCUT2D eigenvalue weighted by atomic mass is 35.5. The van der Waals surface area contributed by atoms with Crippen LogP contribution < -0.4 is 10.6 Å². The zero-order valence-electron chi connectivity index (χ0n) is 15.2. The van der Waals surface area contributed by atoms with E-state index in [0.29, 0.717) is 25.4 Å². The molecule has 0 spiro atoms. The SMILES string of the molecule is Cc1cc(C)c(N2CC(C(=O)N3CCC(CN)C3)CC2=O)c(C)c1.Cl. The molecule has 2 aliphatic heterocycles.